The normalized spacial score (nSPS) is 16.1. The van der Waals surface area contributed by atoms with E-state index in [0.717, 1.165) is 16.5 Å². The van der Waals surface area contributed by atoms with Gasteiger partial charge in [-0.2, -0.15) is 0 Å². The van der Waals surface area contributed by atoms with Crippen LogP contribution in [-0.4, -0.2) is 64.1 Å². The summed E-state index contributed by atoms with van der Waals surface area (Å²) in [6.45, 7) is 5.31. The Kier molecular flexibility index (Phi) is 8.28. The number of fused-ring (bicyclic) bond motifs is 1. The Morgan fingerprint density at radius 2 is 1.79 bits per heavy atom. The number of carbonyl (C=O) groups is 2. The molecule has 4 rings (SSSR count). The number of H-pyrrole nitrogens is 1. The quantitative estimate of drug-likeness (QED) is 0.322. The highest BCUT2D eigenvalue weighted by atomic mass is 19.1. The lowest BCUT2D eigenvalue weighted by molar-refractivity contribution is -0.134. The number of aromatic nitrogens is 1. The molecular weight excluding hydrogens is 490 g/mol. The van der Waals surface area contributed by atoms with Crippen molar-refractivity contribution in [2.75, 3.05) is 26.2 Å². The SMILES string of the molecule is CC(C)(O)CN1CCC(NC(=O)/C=C/c2ccc(F)cc2)(C(=O)NCCc2c[nH]c3ccc(F)cc23)CC1. The molecule has 1 aromatic heterocycles. The topological polar surface area (TPSA) is 97.5 Å². The van der Waals surface area contributed by atoms with Crippen molar-refractivity contribution in [2.24, 2.45) is 0 Å². The van der Waals surface area contributed by atoms with Gasteiger partial charge in [-0.1, -0.05) is 12.1 Å². The lowest BCUT2D eigenvalue weighted by Gasteiger charge is -2.42. The number of aromatic amines is 1. The van der Waals surface area contributed by atoms with Gasteiger partial charge in [0.15, 0.2) is 0 Å². The number of likely N-dealkylation sites (tertiary alicyclic amines) is 1. The van der Waals surface area contributed by atoms with Crippen LogP contribution >= 0.6 is 0 Å². The van der Waals surface area contributed by atoms with E-state index in [1.807, 2.05) is 6.20 Å². The number of nitrogens with one attached hydrogen (secondary N) is 3. The highest BCUT2D eigenvalue weighted by molar-refractivity contribution is 5.97. The second-order valence-corrected chi connectivity index (χ2v) is 10.6. The van der Waals surface area contributed by atoms with Gasteiger partial charge in [0.1, 0.15) is 17.2 Å². The minimum Gasteiger partial charge on any atom is -0.389 e. The molecule has 9 heteroatoms. The average Bonchev–Trinajstić information content (AvgIpc) is 3.26. The minimum atomic E-state index is -1.12. The van der Waals surface area contributed by atoms with Gasteiger partial charge in [0, 0.05) is 49.4 Å². The molecule has 202 valence electrons. The van der Waals surface area contributed by atoms with Crippen LogP contribution in [0.5, 0.6) is 0 Å². The molecule has 0 radical (unpaired) electrons. The van der Waals surface area contributed by atoms with Crippen LogP contribution in [0.2, 0.25) is 0 Å². The number of hydrogen-bond donors (Lipinski definition) is 4. The molecule has 1 saturated heterocycles. The number of rotatable bonds is 9. The number of β-amino-alcohol motifs (C(OH)–C–C–N with tert-alkyl or cyclic N) is 1. The van der Waals surface area contributed by atoms with E-state index in [-0.39, 0.29) is 17.5 Å². The zero-order valence-corrected chi connectivity index (χ0v) is 21.7. The minimum absolute atomic E-state index is 0.282. The van der Waals surface area contributed by atoms with Gasteiger partial charge in [-0.15, -0.1) is 0 Å². The van der Waals surface area contributed by atoms with Crippen molar-refractivity contribution in [3.05, 3.63) is 77.5 Å². The summed E-state index contributed by atoms with van der Waals surface area (Å²) in [6, 6.07) is 10.3. The maximum Gasteiger partial charge on any atom is 0.245 e. The van der Waals surface area contributed by atoms with E-state index in [2.05, 4.69) is 20.5 Å². The molecule has 0 unspecified atom stereocenters. The summed E-state index contributed by atoms with van der Waals surface area (Å²) < 4.78 is 26.9. The van der Waals surface area contributed by atoms with E-state index in [1.165, 1.54) is 30.3 Å². The molecule has 38 heavy (non-hydrogen) atoms. The fraction of sp³-hybridized carbons (Fsp3) is 0.379. The summed E-state index contributed by atoms with van der Waals surface area (Å²) in [4.78, 5) is 31.5. The Morgan fingerprint density at radius 1 is 1.11 bits per heavy atom. The van der Waals surface area contributed by atoms with Crippen molar-refractivity contribution >= 4 is 28.8 Å². The zero-order chi connectivity index (χ0) is 27.3. The number of hydrogen-bond acceptors (Lipinski definition) is 4. The van der Waals surface area contributed by atoms with Crippen LogP contribution in [0.1, 0.15) is 37.8 Å². The highest BCUT2D eigenvalue weighted by Crippen LogP contribution is 2.25. The molecule has 2 heterocycles. The molecule has 0 atom stereocenters. The molecule has 1 aliphatic rings. The average molecular weight is 525 g/mol. The van der Waals surface area contributed by atoms with E-state index >= 15 is 0 Å². The number of halogens is 2. The van der Waals surface area contributed by atoms with Crippen molar-refractivity contribution in [1.82, 2.24) is 20.5 Å². The molecule has 1 aliphatic heterocycles. The summed E-state index contributed by atoms with van der Waals surface area (Å²) >= 11 is 0. The number of amides is 2. The molecule has 3 aromatic rings. The van der Waals surface area contributed by atoms with Crippen molar-refractivity contribution in [3.63, 3.8) is 0 Å². The van der Waals surface area contributed by atoms with Gasteiger partial charge < -0.3 is 25.6 Å². The van der Waals surface area contributed by atoms with Gasteiger partial charge in [-0.25, -0.2) is 8.78 Å². The molecule has 0 spiro atoms. The highest BCUT2D eigenvalue weighted by Gasteiger charge is 2.42. The molecule has 2 amide bonds. The van der Waals surface area contributed by atoms with Crippen LogP contribution < -0.4 is 10.6 Å². The summed E-state index contributed by atoms with van der Waals surface area (Å²) in [7, 11) is 0. The van der Waals surface area contributed by atoms with Crippen molar-refractivity contribution in [1.29, 1.82) is 0 Å². The molecule has 0 saturated carbocycles. The van der Waals surface area contributed by atoms with Gasteiger partial charge in [0.2, 0.25) is 11.8 Å². The second-order valence-electron chi connectivity index (χ2n) is 10.6. The summed E-state index contributed by atoms with van der Waals surface area (Å²) in [5, 5.41) is 16.9. The Hall–Kier alpha value is -3.56. The molecule has 7 nitrogen and oxygen atoms in total. The summed E-state index contributed by atoms with van der Waals surface area (Å²) in [5.74, 6) is -1.39. The van der Waals surface area contributed by atoms with Crippen LogP contribution in [0.15, 0.2) is 54.7 Å². The number of carbonyl (C=O) groups excluding carboxylic acids is 2. The standard InChI is InChI=1S/C29H34F2N4O3/c1-28(2,38)19-35-15-12-29(13-16-35,34-26(36)10-5-20-3-6-22(30)7-4-20)27(37)32-14-11-21-18-33-25-9-8-23(31)17-24(21)25/h3-10,17-18,33,38H,11-16,19H2,1-2H3,(H,32,37)(H,34,36)/b10-5+. The van der Waals surface area contributed by atoms with E-state index in [0.29, 0.717) is 51.0 Å². The molecule has 1 fully saturated rings. The van der Waals surface area contributed by atoms with E-state index < -0.39 is 17.0 Å². The summed E-state index contributed by atoms with van der Waals surface area (Å²) in [6.07, 6.45) is 5.97. The fourth-order valence-corrected chi connectivity index (χ4v) is 4.91. The lowest BCUT2D eigenvalue weighted by Crippen LogP contribution is -2.63. The monoisotopic (exact) mass is 524 g/mol. The maximum atomic E-state index is 13.7. The largest absolute Gasteiger partial charge is 0.389 e. The van der Waals surface area contributed by atoms with Gasteiger partial charge in [0.25, 0.3) is 0 Å². The van der Waals surface area contributed by atoms with Crippen molar-refractivity contribution in [3.8, 4) is 0 Å². The second kappa shape index (κ2) is 11.4. The van der Waals surface area contributed by atoms with Gasteiger partial charge in [-0.3, -0.25) is 9.59 Å². The third-order valence-corrected chi connectivity index (χ3v) is 6.82. The molecule has 2 aromatic carbocycles. The fourth-order valence-electron chi connectivity index (χ4n) is 4.91. The number of piperidine rings is 1. The van der Waals surface area contributed by atoms with Crippen molar-refractivity contribution < 1.29 is 23.5 Å². The third-order valence-electron chi connectivity index (χ3n) is 6.82. The number of aliphatic hydroxyl groups is 1. The molecule has 4 N–H and O–H groups in total. The predicted octanol–water partition coefficient (Wildman–Crippen LogP) is 3.54. The Balaban J connectivity index is 1.43. The zero-order valence-electron chi connectivity index (χ0n) is 21.7. The van der Waals surface area contributed by atoms with Crippen LogP contribution in [0.4, 0.5) is 8.78 Å². The van der Waals surface area contributed by atoms with E-state index in [9.17, 15) is 23.5 Å². The van der Waals surface area contributed by atoms with E-state index in [1.54, 1.807) is 38.1 Å². The number of nitrogens with zero attached hydrogens (tertiary/aromatic N) is 1. The van der Waals surface area contributed by atoms with Crippen molar-refractivity contribution in [2.45, 2.75) is 44.2 Å². The predicted molar refractivity (Wildman–Crippen MR) is 143 cm³/mol. The van der Waals surface area contributed by atoms with E-state index in [4.69, 9.17) is 0 Å². The summed E-state index contributed by atoms with van der Waals surface area (Å²) in [5.41, 5.74) is 0.383. The van der Waals surface area contributed by atoms with Crippen LogP contribution in [-0.2, 0) is 16.0 Å². The van der Waals surface area contributed by atoms with Gasteiger partial charge in [0.05, 0.1) is 5.60 Å². The molecular formula is C29H34F2N4O3. The number of benzene rings is 2. The maximum absolute atomic E-state index is 13.7. The first-order valence-electron chi connectivity index (χ1n) is 12.8. The first kappa shape index (κ1) is 27.5. The molecule has 0 aliphatic carbocycles. The first-order valence-corrected chi connectivity index (χ1v) is 12.8. The first-order chi connectivity index (χ1) is 18.0. The molecule has 0 bridgehead atoms. The smallest absolute Gasteiger partial charge is 0.245 e. The van der Waals surface area contributed by atoms with Gasteiger partial charge in [-0.05, 0) is 80.6 Å². The van der Waals surface area contributed by atoms with Crippen LogP contribution in [0.3, 0.4) is 0 Å². The van der Waals surface area contributed by atoms with Crippen LogP contribution in [0.25, 0.3) is 17.0 Å². The Bertz CT molecular complexity index is 1300. The van der Waals surface area contributed by atoms with Crippen LogP contribution in [0, 0.1) is 11.6 Å². The Morgan fingerprint density at radius 3 is 2.47 bits per heavy atom. The third kappa shape index (κ3) is 7.05. The lowest BCUT2D eigenvalue weighted by atomic mass is 9.85. The Labute approximate surface area is 220 Å². The van der Waals surface area contributed by atoms with Gasteiger partial charge >= 0.3 is 0 Å².